The number of aromatic nitrogens is 2. The van der Waals surface area contributed by atoms with E-state index in [1.54, 1.807) is 41.3 Å². The van der Waals surface area contributed by atoms with Crippen molar-refractivity contribution in [2.75, 3.05) is 13.1 Å². The molecule has 0 spiro atoms. The average molecular weight is 401 g/mol. The quantitative estimate of drug-likeness (QED) is 0.582. The highest BCUT2D eigenvalue weighted by Gasteiger charge is 2.30. The molecule has 0 aliphatic carbocycles. The normalized spacial score (nSPS) is 11.5. The third-order valence-corrected chi connectivity index (χ3v) is 4.67. The van der Waals surface area contributed by atoms with Crippen LogP contribution in [0.4, 0.5) is 13.2 Å². The summed E-state index contributed by atoms with van der Waals surface area (Å²) in [5.41, 5.74) is 2.15. The Kier molecular flexibility index (Phi) is 6.06. The van der Waals surface area contributed by atoms with E-state index in [2.05, 4.69) is 10.2 Å². The number of aromatic amines is 1. The van der Waals surface area contributed by atoms with Gasteiger partial charge in [-0.05, 0) is 49.2 Å². The lowest BCUT2D eigenvalue weighted by atomic mass is 10.1. The molecule has 0 unspecified atom stereocenters. The summed E-state index contributed by atoms with van der Waals surface area (Å²) >= 11 is 0. The summed E-state index contributed by atoms with van der Waals surface area (Å²) in [5.74, 6) is -0.0184. The van der Waals surface area contributed by atoms with Gasteiger partial charge < -0.3 is 4.90 Å². The van der Waals surface area contributed by atoms with Crippen LogP contribution in [0.25, 0.3) is 22.5 Å². The number of H-pyrrole nitrogens is 1. The van der Waals surface area contributed by atoms with Gasteiger partial charge in [-0.2, -0.15) is 18.3 Å². The van der Waals surface area contributed by atoms with Gasteiger partial charge >= 0.3 is 6.18 Å². The van der Waals surface area contributed by atoms with Gasteiger partial charge in [-0.3, -0.25) is 9.89 Å². The minimum Gasteiger partial charge on any atom is -0.339 e. The number of nitrogens with one attached hydrogen (secondary N) is 1. The summed E-state index contributed by atoms with van der Waals surface area (Å²) in [6.45, 7) is 5.33. The van der Waals surface area contributed by atoms with Crippen LogP contribution in [-0.4, -0.2) is 34.1 Å². The first-order chi connectivity index (χ1) is 13.8. The number of benzene rings is 2. The van der Waals surface area contributed by atoms with E-state index in [0.29, 0.717) is 35.6 Å². The van der Waals surface area contributed by atoms with Gasteiger partial charge in [-0.15, -0.1) is 0 Å². The topological polar surface area (TPSA) is 49.0 Å². The Morgan fingerprint density at radius 3 is 2.38 bits per heavy atom. The highest BCUT2D eigenvalue weighted by molar-refractivity contribution is 5.94. The van der Waals surface area contributed by atoms with Crippen molar-refractivity contribution in [3.63, 3.8) is 0 Å². The molecule has 0 aliphatic heterocycles. The second-order valence-electron chi connectivity index (χ2n) is 6.71. The van der Waals surface area contributed by atoms with E-state index in [9.17, 15) is 18.0 Å². The lowest BCUT2D eigenvalue weighted by molar-refractivity contribution is -0.137. The molecule has 0 atom stereocenters. The molecule has 152 valence electrons. The Balaban J connectivity index is 1.82. The van der Waals surface area contributed by atoms with Crippen LogP contribution in [0.5, 0.6) is 0 Å². The molecule has 0 saturated carbocycles. The van der Waals surface area contributed by atoms with E-state index < -0.39 is 11.7 Å². The summed E-state index contributed by atoms with van der Waals surface area (Å²) in [7, 11) is 0. The van der Waals surface area contributed by atoms with Gasteiger partial charge in [-0.1, -0.05) is 31.2 Å². The molecular weight excluding hydrogens is 379 g/mol. The molecule has 2 aromatic carbocycles. The number of rotatable bonds is 6. The number of hydrogen-bond acceptors (Lipinski definition) is 2. The molecule has 7 heteroatoms. The number of halogens is 3. The van der Waals surface area contributed by atoms with Gasteiger partial charge in [0, 0.05) is 24.2 Å². The van der Waals surface area contributed by atoms with Gasteiger partial charge in [0.15, 0.2) is 0 Å². The highest BCUT2D eigenvalue weighted by Crippen LogP contribution is 2.32. The zero-order valence-corrected chi connectivity index (χ0v) is 16.3. The van der Waals surface area contributed by atoms with E-state index in [0.717, 1.165) is 24.1 Å². The number of carbonyl (C=O) groups is 1. The summed E-state index contributed by atoms with van der Waals surface area (Å²) < 4.78 is 38.8. The van der Waals surface area contributed by atoms with Crippen molar-refractivity contribution in [3.05, 3.63) is 65.7 Å². The maximum atomic E-state index is 12.9. The van der Waals surface area contributed by atoms with E-state index in [1.165, 1.54) is 6.07 Å². The zero-order valence-electron chi connectivity index (χ0n) is 16.3. The molecule has 4 nitrogen and oxygen atoms in total. The van der Waals surface area contributed by atoms with E-state index in [1.807, 2.05) is 13.8 Å². The summed E-state index contributed by atoms with van der Waals surface area (Å²) in [6.07, 6.45) is -3.51. The Morgan fingerprint density at radius 1 is 1.03 bits per heavy atom. The molecule has 0 radical (unpaired) electrons. The van der Waals surface area contributed by atoms with Crippen LogP contribution in [0.2, 0.25) is 0 Å². The molecule has 0 bridgehead atoms. The summed E-state index contributed by atoms with van der Waals surface area (Å²) in [6, 6.07) is 13.9. The molecule has 3 aromatic rings. The standard InChI is InChI=1S/C22H22F3N3O/c1-3-12-28(4-2)21(29)16-10-8-15(9-11-16)19-14-20(27-26-19)17-6-5-7-18(13-17)22(23,24)25/h5-11,13-14H,3-4,12H2,1-2H3,(H,26,27). The number of amides is 1. The van der Waals surface area contributed by atoms with Gasteiger partial charge in [0.1, 0.15) is 0 Å². The predicted octanol–water partition coefficient (Wildman–Crippen LogP) is 5.63. The molecule has 29 heavy (non-hydrogen) atoms. The average Bonchev–Trinajstić information content (AvgIpc) is 3.21. The fraction of sp³-hybridized carbons (Fsp3) is 0.273. The van der Waals surface area contributed by atoms with Crippen LogP contribution >= 0.6 is 0 Å². The third-order valence-electron chi connectivity index (χ3n) is 4.67. The fourth-order valence-electron chi connectivity index (χ4n) is 3.12. The maximum absolute atomic E-state index is 12.9. The largest absolute Gasteiger partial charge is 0.416 e. The van der Waals surface area contributed by atoms with Crippen molar-refractivity contribution < 1.29 is 18.0 Å². The van der Waals surface area contributed by atoms with Gasteiger partial charge in [0.25, 0.3) is 5.91 Å². The summed E-state index contributed by atoms with van der Waals surface area (Å²) in [5, 5.41) is 7.00. The Bertz CT molecular complexity index is 977. The summed E-state index contributed by atoms with van der Waals surface area (Å²) in [4.78, 5) is 14.3. The highest BCUT2D eigenvalue weighted by atomic mass is 19.4. The predicted molar refractivity (Wildman–Crippen MR) is 106 cm³/mol. The SMILES string of the molecule is CCCN(CC)C(=O)c1ccc(-c2cc(-c3cccc(C(F)(F)F)c3)n[nH]2)cc1. The Morgan fingerprint density at radius 2 is 1.76 bits per heavy atom. The van der Waals surface area contributed by atoms with Crippen molar-refractivity contribution in [2.24, 2.45) is 0 Å². The molecule has 0 aliphatic rings. The van der Waals surface area contributed by atoms with Crippen molar-refractivity contribution in [1.29, 1.82) is 0 Å². The first-order valence-electron chi connectivity index (χ1n) is 9.46. The molecule has 1 N–H and O–H groups in total. The van der Waals surface area contributed by atoms with Crippen LogP contribution < -0.4 is 0 Å². The number of alkyl halides is 3. The molecule has 1 aromatic heterocycles. The van der Waals surface area contributed by atoms with Crippen LogP contribution in [0, 0.1) is 0 Å². The Hall–Kier alpha value is -3.09. The van der Waals surface area contributed by atoms with Gasteiger partial charge in [0.05, 0.1) is 17.0 Å². The lowest BCUT2D eigenvalue weighted by Gasteiger charge is -2.20. The van der Waals surface area contributed by atoms with Crippen LogP contribution in [-0.2, 0) is 6.18 Å². The van der Waals surface area contributed by atoms with Crippen molar-refractivity contribution in [1.82, 2.24) is 15.1 Å². The van der Waals surface area contributed by atoms with E-state index in [-0.39, 0.29) is 5.91 Å². The fourth-order valence-corrected chi connectivity index (χ4v) is 3.12. The molecule has 0 fully saturated rings. The van der Waals surface area contributed by atoms with Crippen LogP contribution in [0.3, 0.4) is 0 Å². The third kappa shape index (κ3) is 4.67. The second-order valence-corrected chi connectivity index (χ2v) is 6.71. The van der Waals surface area contributed by atoms with Crippen LogP contribution in [0.15, 0.2) is 54.6 Å². The Labute approximate surface area is 167 Å². The molecule has 1 amide bonds. The smallest absolute Gasteiger partial charge is 0.339 e. The van der Waals surface area contributed by atoms with Crippen LogP contribution in [0.1, 0.15) is 36.2 Å². The monoisotopic (exact) mass is 401 g/mol. The number of hydrogen-bond donors (Lipinski definition) is 1. The van der Waals surface area contributed by atoms with Crippen molar-refractivity contribution in [3.8, 4) is 22.5 Å². The lowest BCUT2D eigenvalue weighted by Crippen LogP contribution is -2.31. The molecule has 3 rings (SSSR count). The van der Waals surface area contributed by atoms with Gasteiger partial charge in [-0.25, -0.2) is 0 Å². The van der Waals surface area contributed by atoms with Crippen molar-refractivity contribution >= 4 is 5.91 Å². The zero-order chi connectivity index (χ0) is 21.0. The number of nitrogens with zero attached hydrogens (tertiary/aromatic N) is 2. The minimum absolute atomic E-state index is 0.0184. The molecular formula is C22H22F3N3O. The maximum Gasteiger partial charge on any atom is 0.416 e. The van der Waals surface area contributed by atoms with E-state index >= 15 is 0 Å². The first-order valence-corrected chi connectivity index (χ1v) is 9.46. The minimum atomic E-state index is -4.40. The van der Waals surface area contributed by atoms with Gasteiger partial charge in [0.2, 0.25) is 0 Å². The second kappa shape index (κ2) is 8.51. The molecule has 0 saturated heterocycles. The first kappa shape index (κ1) is 20.6. The van der Waals surface area contributed by atoms with Crippen molar-refractivity contribution in [2.45, 2.75) is 26.4 Å². The molecule has 1 heterocycles. The number of carbonyl (C=O) groups excluding carboxylic acids is 1. The van der Waals surface area contributed by atoms with E-state index in [4.69, 9.17) is 0 Å².